The summed E-state index contributed by atoms with van der Waals surface area (Å²) in [5.41, 5.74) is 0.590. The number of aromatic nitrogens is 2. The number of imidazole rings is 1. The fourth-order valence-corrected chi connectivity index (χ4v) is 2.58. The first-order valence-corrected chi connectivity index (χ1v) is 6.80. The van der Waals surface area contributed by atoms with E-state index < -0.39 is 0 Å². The molecule has 20 heavy (non-hydrogen) atoms. The van der Waals surface area contributed by atoms with Gasteiger partial charge in [0.15, 0.2) is 0 Å². The average Bonchev–Trinajstić information content (AvgIpc) is 2.90. The van der Waals surface area contributed by atoms with E-state index in [4.69, 9.17) is 11.6 Å². The summed E-state index contributed by atoms with van der Waals surface area (Å²) < 4.78 is 2.07. The zero-order valence-electron chi connectivity index (χ0n) is 10.7. The maximum atomic E-state index is 12.2. The molecule has 0 aliphatic carbocycles. The molecule has 1 aromatic heterocycles. The summed E-state index contributed by atoms with van der Waals surface area (Å²) in [6.45, 7) is 0.809. The first-order valence-electron chi connectivity index (χ1n) is 6.43. The van der Waals surface area contributed by atoms with Gasteiger partial charge in [-0.25, -0.2) is 4.98 Å². The van der Waals surface area contributed by atoms with E-state index in [1.807, 2.05) is 6.20 Å². The second kappa shape index (κ2) is 5.17. The number of rotatable bonds is 2. The van der Waals surface area contributed by atoms with Gasteiger partial charge in [-0.3, -0.25) is 4.79 Å². The molecule has 0 radical (unpaired) electrons. The summed E-state index contributed by atoms with van der Waals surface area (Å²) in [6.07, 6.45) is 5.13. The number of aromatic hydroxyl groups is 1. The van der Waals surface area contributed by atoms with Crippen LogP contribution in [0.3, 0.4) is 0 Å². The number of nitrogens with one attached hydrogen (secondary N) is 1. The number of carbonyl (C=O) groups excluding carboxylic acids is 1. The highest BCUT2D eigenvalue weighted by molar-refractivity contribution is 6.32. The molecule has 0 saturated carbocycles. The minimum Gasteiger partial charge on any atom is -0.506 e. The van der Waals surface area contributed by atoms with E-state index in [1.165, 1.54) is 6.07 Å². The maximum absolute atomic E-state index is 12.2. The molecule has 1 amide bonds. The van der Waals surface area contributed by atoms with E-state index in [1.54, 1.807) is 18.3 Å². The predicted octanol–water partition coefficient (Wildman–Crippen LogP) is 2.44. The van der Waals surface area contributed by atoms with Gasteiger partial charge in [0.1, 0.15) is 11.6 Å². The molecule has 0 bridgehead atoms. The lowest BCUT2D eigenvalue weighted by Gasteiger charge is -2.22. The molecule has 0 unspecified atom stereocenters. The largest absolute Gasteiger partial charge is 0.506 e. The minimum atomic E-state index is -0.0857. The van der Waals surface area contributed by atoms with Gasteiger partial charge in [0.05, 0.1) is 5.02 Å². The molecule has 1 aliphatic heterocycles. The topological polar surface area (TPSA) is 67.2 Å². The number of halogens is 1. The van der Waals surface area contributed by atoms with Crippen LogP contribution >= 0.6 is 11.6 Å². The van der Waals surface area contributed by atoms with E-state index in [0.717, 1.165) is 18.8 Å². The Hall–Kier alpha value is -2.01. The van der Waals surface area contributed by atoms with Crippen LogP contribution in [0.2, 0.25) is 5.02 Å². The Morgan fingerprint density at radius 1 is 1.50 bits per heavy atom. The van der Waals surface area contributed by atoms with E-state index in [-0.39, 0.29) is 22.6 Å². The standard InChI is InChI=1S/C14H14ClN3O2/c15-11-8-10(1-2-12(11)19)17-14(20)9-3-5-18-6-4-16-13(18)7-9/h1-2,4,6,8-9,19H,3,5,7H2,(H,17,20)/t9-/m0/s1. The Morgan fingerprint density at radius 3 is 3.15 bits per heavy atom. The number of fused-ring (bicyclic) bond motifs is 1. The first kappa shape index (κ1) is 13.0. The second-order valence-electron chi connectivity index (χ2n) is 4.88. The highest BCUT2D eigenvalue weighted by atomic mass is 35.5. The lowest BCUT2D eigenvalue weighted by atomic mass is 9.97. The number of benzene rings is 1. The molecule has 2 heterocycles. The molecule has 0 spiro atoms. The van der Waals surface area contributed by atoms with E-state index >= 15 is 0 Å². The van der Waals surface area contributed by atoms with Crippen LogP contribution in [0.15, 0.2) is 30.6 Å². The molecule has 2 aromatic rings. The van der Waals surface area contributed by atoms with Gasteiger partial charge < -0.3 is 15.0 Å². The van der Waals surface area contributed by atoms with Crippen molar-refractivity contribution in [1.82, 2.24) is 9.55 Å². The minimum absolute atomic E-state index is 0.00404. The van der Waals surface area contributed by atoms with E-state index in [2.05, 4.69) is 14.9 Å². The number of hydrogen-bond acceptors (Lipinski definition) is 3. The van der Waals surface area contributed by atoms with Gasteiger partial charge in [0, 0.05) is 37.0 Å². The summed E-state index contributed by atoms with van der Waals surface area (Å²) in [5.74, 6) is 0.822. The van der Waals surface area contributed by atoms with Gasteiger partial charge in [-0.1, -0.05) is 11.6 Å². The monoisotopic (exact) mass is 291 g/mol. The summed E-state index contributed by atoms with van der Waals surface area (Å²) in [4.78, 5) is 16.5. The van der Waals surface area contributed by atoms with Gasteiger partial charge in [-0.2, -0.15) is 0 Å². The third-order valence-electron chi connectivity index (χ3n) is 3.54. The van der Waals surface area contributed by atoms with Crippen molar-refractivity contribution < 1.29 is 9.90 Å². The van der Waals surface area contributed by atoms with Crippen LogP contribution in [-0.2, 0) is 17.8 Å². The molecule has 1 aromatic carbocycles. The summed E-state index contributed by atoms with van der Waals surface area (Å²) in [5, 5.41) is 12.4. The molecule has 5 nitrogen and oxygen atoms in total. The number of phenolic OH excluding ortho intramolecular Hbond substituents is 1. The van der Waals surface area contributed by atoms with Gasteiger partial charge in [-0.15, -0.1) is 0 Å². The Morgan fingerprint density at radius 2 is 2.35 bits per heavy atom. The van der Waals surface area contributed by atoms with Crippen molar-refractivity contribution in [2.24, 2.45) is 5.92 Å². The van der Waals surface area contributed by atoms with Crippen LogP contribution in [-0.4, -0.2) is 20.6 Å². The van der Waals surface area contributed by atoms with Crippen LogP contribution < -0.4 is 5.32 Å². The fraction of sp³-hybridized carbons (Fsp3) is 0.286. The van der Waals surface area contributed by atoms with Gasteiger partial charge >= 0.3 is 0 Å². The Labute approximate surface area is 121 Å². The summed E-state index contributed by atoms with van der Waals surface area (Å²) >= 11 is 5.82. The quantitative estimate of drug-likeness (QED) is 0.835. The lowest BCUT2D eigenvalue weighted by Crippen LogP contribution is -2.30. The number of anilines is 1. The number of aryl methyl sites for hydroxylation is 1. The van der Waals surface area contributed by atoms with Crippen LogP contribution in [0.25, 0.3) is 0 Å². The highest BCUT2D eigenvalue weighted by Crippen LogP contribution is 2.27. The molecule has 104 valence electrons. The highest BCUT2D eigenvalue weighted by Gasteiger charge is 2.25. The van der Waals surface area contributed by atoms with Crippen LogP contribution in [0, 0.1) is 5.92 Å². The molecule has 1 aliphatic rings. The van der Waals surface area contributed by atoms with Crippen molar-refractivity contribution in [3.63, 3.8) is 0 Å². The number of amides is 1. The van der Waals surface area contributed by atoms with Gasteiger partial charge in [-0.05, 0) is 24.6 Å². The zero-order valence-corrected chi connectivity index (χ0v) is 11.5. The van der Waals surface area contributed by atoms with Gasteiger partial charge in [0.25, 0.3) is 0 Å². The third kappa shape index (κ3) is 2.49. The summed E-state index contributed by atoms with van der Waals surface area (Å²) in [7, 11) is 0. The lowest BCUT2D eigenvalue weighted by molar-refractivity contribution is -0.120. The number of nitrogens with zero attached hydrogens (tertiary/aromatic N) is 2. The molecule has 1 atom stereocenters. The normalized spacial score (nSPS) is 17.6. The van der Waals surface area contributed by atoms with Crippen molar-refractivity contribution in [1.29, 1.82) is 0 Å². The fourth-order valence-electron chi connectivity index (χ4n) is 2.40. The molecule has 0 fully saturated rings. The Balaban J connectivity index is 1.69. The Kier molecular flexibility index (Phi) is 3.36. The van der Waals surface area contributed by atoms with Crippen molar-refractivity contribution in [2.75, 3.05) is 5.32 Å². The van der Waals surface area contributed by atoms with Crippen molar-refractivity contribution in [2.45, 2.75) is 19.4 Å². The van der Waals surface area contributed by atoms with E-state index in [9.17, 15) is 9.90 Å². The van der Waals surface area contributed by atoms with Crippen LogP contribution in [0.1, 0.15) is 12.2 Å². The summed E-state index contributed by atoms with van der Waals surface area (Å²) in [6, 6.07) is 4.63. The number of carbonyl (C=O) groups is 1. The second-order valence-corrected chi connectivity index (χ2v) is 5.29. The molecular weight excluding hydrogens is 278 g/mol. The molecule has 0 saturated heterocycles. The van der Waals surface area contributed by atoms with Crippen molar-refractivity contribution in [3.8, 4) is 5.75 Å². The van der Waals surface area contributed by atoms with Crippen molar-refractivity contribution >= 4 is 23.2 Å². The average molecular weight is 292 g/mol. The smallest absolute Gasteiger partial charge is 0.228 e. The Bertz CT molecular complexity index is 654. The number of phenols is 1. The molecule has 3 rings (SSSR count). The van der Waals surface area contributed by atoms with Crippen LogP contribution in [0.4, 0.5) is 5.69 Å². The van der Waals surface area contributed by atoms with E-state index in [0.29, 0.717) is 12.1 Å². The van der Waals surface area contributed by atoms with Crippen molar-refractivity contribution in [3.05, 3.63) is 41.4 Å². The third-order valence-corrected chi connectivity index (χ3v) is 3.84. The molecule has 2 N–H and O–H groups in total. The SMILES string of the molecule is O=C(Nc1ccc(O)c(Cl)c1)[C@H]1CCn2ccnc2C1. The predicted molar refractivity (Wildman–Crippen MR) is 75.8 cm³/mol. The van der Waals surface area contributed by atoms with Crippen LogP contribution in [0.5, 0.6) is 5.75 Å². The van der Waals surface area contributed by atoms with Gasteiger partial charge in [0.2, 0.25) is 5.91 Å². The first-order chi connectivity index (χ1) is 9.63. The molecular formula is C14H14ClN3O2. The maximum Gasteiger partial charge on any atom is 0.228 e. The zero-order chi connectivity index (χ0) is 14.1. The molecule has 6 heteroatoms. The number of hydrogen-bond donors (Lipinski definition) is 2.